The Bertz CT molecular complexity index is 1010. The largest absolute Gasteiger partial charge is 0.497 e. The highest BCUT2D eigenvalue weighted by Gasteiger charge is 2.24. The first-order valence-corrected chi connectivity index (χ1v) is 8.75. The van der Waals surface area contributed by atoms with Crippen LogP contribution < -0.4 is 10.5 Å². The number of aromatic nitrogens is 1. The number of rotatable bonds is 6. The molecule has 0 saturated heterocycles. The molecule has 1 aromatic heterocycles. The van der Waals surface area contributed by atoms with Crippen LogP contribution in [0.15, 0.2) is 58.2 Å². The Morgan fingerprint density at radius 1 is 1.21 bits per heavy atom. The van der Waals surface area contributed by atoms with Crippen molar-refractivity contribution in [1.82, 2.24) is 5.16 Å². The van der Waals surface area contributed by atoms with Gasteiger partial charge in [0.05, 0.1) is 12.1 Å². The summed E-state index contributed by atoms with van der Waals surface area (Å²) in [6.07, 6.45) is 0.317. The van der Waals surface area contributed by atoms with E-state index in [1.54, 1.807) is 38.3 Å². The highest BCUT2D eigenvalue weighted by Crippen LogP contribution is 2.31. The Kier molecular flexibility index (Phi) is 5.96. The normalized spacial score (nSPS) is 11.3. The maximum atomic E-state index is 12.5. The van der Waals surface area contributed by atoms with Crippen molar-refractivity contribution in [3.63, 3.8) is 0 Å². The van der Waals surface area contributed by atoms with E-state index >= 15 is 0 Å². The molecule has 0 unspecified atom stereocenters. The number of carbonyl (C=O) groups excluding carboxylic acids is 1. The zero-order valence-electron chi connectivity index (χ0n) is 15.3. The molecule has 0 saturated carbocycles. The van der Waals surface area contributed by atoms with Gasteiger partial charge in [0.1, 0.15) is 28.6 Å². The molecular weight excluding hydrogens is 382 g/mol. The first kappa shape index (κ1) is 19.4. The number of ether oxygens (including phenoxy) is 1. The topological polar surface area (TPSA) is 99.9 Å². The van der Waals surface area contributed by atoms with Crippen molar-refractivity contribution in [3.8, 4) is 17.0 Å². The maximum Gasteiger partial charge on any atom is 0.371 e. The van der Waals surface area contributed by atoms with Gasteiger partial charge in [-0.05, 0) is 30.7 Å². The summed E-state index contributed by atoms with van der Waals surface area (Å²) < 4.78 is 10.3. The molecule has 0 atom stereocenters. The zero-order valence-corrected chi connectivity index (χ0v) is 16.1. The number of nitrogens with two attached hydrogens (primary N) is 1. The van der Waals surface area contributed by atoms with Crippen molar-refractivity contribution in [2.75, 3.05) is 7.11 Å². The second kappa shape index (κ2) is 8.58. The van der Waals surface area contributed by atoms with E-state index in [1.165, 1.54) is 0 Å². The summed E-state index contributed by atoms with van der Waals surface area (Å²) in [4.78, 5) is 17.5. The Morgan fingerprint density at radius 2 is 1.93 bits per heavy atom. The third-order valence-corrected chi connectivity index (χ3v) is 4.32. The molecule has 2 aromatic carbocycles. The predicted molar refractivity (Wildman–Crippen MR) is 105 cm³/mol. The van der Waals surface area contributed by atoms with Crippen molar-refractivity contribution < 1.29 is 18.9 Å². The van der Waals surface area contributed by atoms with Gasteiger partial charge in [-0.25, -0.2) is 4.79 Å². The monoisotopic (exact) mass is 399 g/mol. The van der Waals surface area contributed by atoms with Crippen LogP contribution in [0.4, 0.5) is 0 Å². The highest BCUT2D eigenvalue weighted by atomic mass is 35.5. The number of amidine groups is 1. The number of nitrogens with zero attached hydrogens (tertiary/aromatic N) is 2. The third kappa shape index (κ3) is 4.32. The SMILES string of the molecule is COc1ccc(C/C(N)=N/OC(=O)c2c(-c3ccccc3Cl)noc2C)cc1. The Morgan fingerprint density at radius 3 is 2.61 bits per heavy atom. The van der Waals surface area contributed by atoms with Gasteiger partial charge < -0.3 is 19.8 Å². The average molecular weight is 400 g/mol. The number of benzene rings is 2. The fourth-order valence-electron chi connectivity index (χ4n) is 2.58. The van der Waals surface area contributed by atoms with E-state index in [-0.39, 0.29) is 17.1 Å². The molecular formula is C20H18ClN3O4. The molecule has 0 aliphatic carbocycles. The minimum absolute atomic E-state index is 0.145. The average Bonchev–Trinajstić information content (AvgIpc) is 3.08. The fraction of sp³-hybridized carbons (Fsp3) is 0.150. The van der Waals surface area contributed by atoms with Crippen LogP contribution in [-0.2, 0) is 11.3 Å². The second-order valence-electron chi connectivity index (χ2n) is 5.93. The number of halogens is 1. The summed E-state index contributed by atoms with van der Waals surface area (Å²) in [5.74, 6) is 0.447. The molecule has 7 nitrogen and oxygen atoms in total. The molecule has 0 fully saturated rings. The van der Waals surface area contributed by atoms with Gasteiger partial charge in [0.15, 0.2) is 0 Å². The number of hydrogen-bond acceptors (Lipinski definition) is 6. The Labute approximate surface area is 166 Å². The zero-order chi connectivity index (χ0) is 20.1. The first-order chi connectivity index (χ1) is 13.5. The lowest BCUT2D eigenvalue weighted by atomic mass is 10.1. The molecule has 3 aromatic rings. The van der Waals surface area contributed by atoms with E-state index in [1.807, 2.05) is 24.3 Å². The Balaban J connectivity index is 1.75. The molecule has 0 spiro atoms. The molecule has 0 bridgehead atoms. The first-order valence-electron chi connectivity index (χ1n) is 8.37. The van der Waals surface area contributed by atoms with Crippen LogP contribution in [0.1, 0.15) is 21.7 Å². The minimum Gasteiger partial charge on any atom is -0.497 e. The molecule has 0 radical (unpaired) electrons. The lowest BCUT2D eigenvalue weighted by Crippen LogP contribution is -2.17. The van der Waals surface area contributed by atoms with E-state index < -0.39 is 5.97 Å². The van der Waals surface area contributed by atoms with E-state index in [4.69, 9.17) is 31.4 Å². The summed E-state index contributed by atoms with van der Waals surface area (Å²) in [6, 6.07) is 14.3. The molecule has 2 N–H and O–H groups in total. The quantitative estimate of drug-likeness (QED) is 0.291. The van der Waals surface area contributed by atoms with Crippen LogP contribution in [0, 0.1) is 6.92 Å². The van der Waals surface area contributed by atoms with Crippen LogP contribution in [0.25, 0.3) is 11.3 Å². The number of aryl methyl sites for hydroxylation is 1. The predicted octanol–water partition coefficient (Wildman–Crippen LogP) is 3.98. The van der Waals surface area contributed by atoms with Crippen LogP contribution in [0.3, 0.4) is 0 Å². The number of carbonyl (C=O) groups is 1. The molecule has 0 aliphatic rings. The summed E-state index contributed by atoms with van der Waals surface area (Å²) in [6.45, 7) is 1.61. The lowest BCUT2D eigenvalue weighted by molar-refractivity contribution is 0.0513. The smallest absolute Gasteiger partial charge is 0.371 e. The second-order valence-corrected chi connectivity index (χ2v) is 6.34. The summed E-state index contributed by atoms with van der Waals surface area (Å²) >= 11 is 6.19. The van der Waals surface area contributed by atoms with Gasteiger partial charge in [-0.15, -0.1) is 0 Å². The fourth-order valence-corrected chi connectivity index (χ4v) is 2.81. The molecule has 0 aliphatic heterocycles. The standard InChI is InChI=1S/C20H18ClN3O4/c1-12-18(19(24-27-12)15-5-3-4-6-16(15)21)20(25)28-23-17(22)11-13-7-9-14(26-2)10-8-13/h3-10H,11H2,1-2H3,(H2,22,23). The molecule has 1 heterocycles. The van der Waals surface area contributed by atoms with Crippen molar-refractivity contribution in [2.24, 2.45) is 10.9 Å². The molecule has 28 heavy (non-hydrogen) atoms. The third-order valence-electron chi connectivity index (χ3n) is 3.99. The van der Waals surface area contributed by atoms with E-state index in [2.05, 4.69) is 10.3 Å². The van der Waals surface area contributed by atoms with E-state index in [0.717, 1.165) is 11.3 Å². The van der Waals surface area contributed by atoms with Gasteiger partial charge in [-0.1, -0.05) is 52.2 Å². The Hall–Kier alpha value is -3.32. The van der Waals surface area contributed by atoms with Crippen LogP contribution in [-0.4, -0.2) is 24.1 Å². The molecule has 3 rings (SSSR count). The molecule has 144 valence electrons. The number of hydrogen-bond donors (Lipinski definition) is 1. The van der Waals surface area contributed by atoms with E-state index in [9.17, 15) is 4.79 Å². The summed E-state index contributed by atoms with van der Waals surface area (Å²) in [5, 5.41) is 8.09. The van der Waals surface area contributed by atoms with Crippen molar-refractivity contribution >= 4 is 23.4 Å². The lowest BCUT2D eigenvalue weighted by Gasteiger charge is -2.04. The van der Waals surface area contributed by atoms with Crippen LogP contribution >= 0.6 is 11.6 Å². The van der Waals surface area contributed by atoms with Gasteiger partial charge in [0.25, 0.3) is 0 Å². The maximum absolute atomic E-state index is 12.5. The van der Waals surface area contributed by atoms with Gasteiger partial charge in [-0.2, -0.15) is 0 Å². The number of oxime groups is 1. The highest BCUT2D eigenvalue weighted by molar-refractivity contribution is 6.33. The summed E-state index contributed by atoms with van der Waals surface area (Å²) in [5.41, 5.74) is 7.76. The van der Waals surface area contributed by atoms with Crippen molar-refractivity contribution in [2.45, 2.75) is 13.3 Å². The van der Waals surface area contributed by atoms with Crippen molar-refractivity contribution in [1.29, 1.82) is 0 Å². The molecule has 8 heteroatoms. The van der Waals surface area contributed by atoms with Crippen LogP contribution in [0.5, 0.6) is 5.75 Å². The van der Waals surface area contributed by atoms with Gasteiger partial charge in [-0.3, -0.25) is 0 Å². The minimum atomic E-state index is -0.730. The van der Waals surface area contributed by atoms with Crippen molar-refractivity contribution in [3.05, 3.63) is 70.4 Å². The van der Waals surface area contributed by atoms with Gasteiger partial charge >= 0.3 is 5.97 Å². The van der Waals surface area contributed by atoms with E-state index in [0.29, 0.717) is 22.8 Å². The van der Waals surface area contributed by atoms with Gasteiger partial charge in [0, 0.05) is 12.0 Å². The van der Waals surface area contributed by atoms with Gasteiger partial charge in [0.2, 0.25) is 0 Å². The number of methoxy groups -OCH3 is 1. The molecule has 0 amide bonds. The summed E-state index contributed by atoms with van der Waals surface area (Å²) in [7, 11) is 1.59. The van der Waals surface area contributed by atoms with Crippen LogP contribution in [0.2, 0.25) is 5.02 Å².